The van der Waals surface area contributed by atoms with Crippen LogP contribution in [0.1, 0.15) is 23.4 Å². The van der Waals surface area contributed by atoms with Gasteiger partial charge in [0.25, 0.3) is 6.43 Å². The predicted molar refractivity (Wildman–Crippen MR) is 54.5 cm³/mol. The number of hydrogen-bond acceptors (Lipinski definition) is 5. The van der Waals surface area contributed by atoms with Crippen LogP contribution in [0.25, 0.3) is 0 Å². The lowest BCUT2D eigenvalue weighted by molar-refractivity contribution is -0.139. The molecule has 0 saturated carbocycles. The van der Waals surface area contributed by atoms with E-state index in [1.54, 1.807) is 0 Å². The van der Waals surface area contributed by atoms with Crippen molar-refractivity contribution in [3.05, 3.63) is 23.0 Å². The molecule has 0 spiro atoms. The lowest BCUT2D eigenvalue weighted by Gasteiger charge is -2.10. The van der Waals surface area contributed by atoms with Crippen molar-refractivity contribution >= 4 is 5.97 Å². The van der Waals surface area contributed by atoms with Crippen molar-refractivity contribution in [3.8, 4) is 5.75 Å². The fourth-order valence-corrected chi connectivity index (χ4v) is 1.27. The third-order valence-electron chi connectivity index (χ3n) is 2.15. The minimum Gasteiger partial charge on any atom is -0.506 e. The molecule has 7 heteroatoms. The zero-order valence-corrected chi connectivity index (χ0v) is 9.11. The first kappa shape index (κ1) is 13.3. The topological polar surface area (TPSA) is 85.4 Å². The fourth-order valence-electron chi connectivity index (χ4n) is 1.27. The van der Waals surface area contributed by atoms with Crippen LogP contribution in [0.5, 0.6) is 5.75 Å². The molecule has 0 aromatic carbocycles. The first-order chi connectivity index (χ1) is 7.99. The molecule has 3 N–H and O–H groups in total. The van der Waals surface area contributed by atoms with Gasteiger partial charge in [0, 0.05) is 12.1 Å². The molecule has 0 atom stereocenters. The number of methoxy groups -OCH3 is 1. The number of nitrogens with two attached hydrogens (primary N) is 1. The number of carbonyl (C=O) groups is 1. The summed E-state index contributed by atoms with van der Waals surface area (Å²) in [5.41, 5.74) is 4.74. The van der Waals surface area contributed by atoms with Crippen molar-refractivity contribution in [2.45, 2.75) is 19.4 Å². The number of esters is 1. The molecule has 1 rings (SSSR count). The Morgan fingerprint density at radius 3 is 2.76 bits per heavy atom. The van der Waals surface area contributed by atoms with Gasteiger partial charge in [-0.3, -0.25) is 4.79 Å². The molecule has 0 fully saturated rings. The Hall–Kier alpha value is -1.76. The average Bonchev–Trinajstić information content (AvgIpc) is 2.31. The number of hydrogen-bond donors (Lipinski definition) is 2. The van der Waals surface area contributed by atoms with Gasteiger partial charge in [0.1, 0.15) is 11.4 Å². The number of ether oxygens (including phenoxy) is 1. The summed E-state index contributed by atoms with van der Waals surface area (Å²) < 4.78 is 29.4. The Labute approximate surface area is 96.2 Å². The second-order valence-corrected chi connectivity index (χ2v) is 3.26. The Bertz CT molecular complexity index is 424. The Morgan fingerprint density at radius 2 is 2.29 bits per heavy atom. The SMILES string of the molecule is COC(=O)Cc1nc(C(F)F)cc(CN)c1O. The number of aromatic hydroxyl groups is 1. The van der Waals surface area contributed by atoms with Crippen LogP contribution in [-0.4, -0.2) is 23.2 Å². The summed E-state index contributed by atoms with van der Waals surface area (Å²) in [5.74, 6) is -1.02. The highest BCUT2D eigenvalue weighted by Gasteiger charge is 2.18. The number of alkyl halides is 2. The molecule has 1 heterocycles. The summed E-state index contributed by atoms with van der Waals surface area (Å²) in [6.45, 7) is -0.123. The van der Waals surface area contributed by atoms with Crippen LogP contribution in [0.15, 0.2) is 6.07 Å². The van der Waals surface area contributed by atoms with Crippen molar-refractivity contribution in [2.24, 2.45) is 5.73 Å². The van der Waals surface area contributed by atoms with Crippen LogP contribution in [0.2, 0.25) is 0 Å². The van der Waals surface area contributed by atoms with Crippen LogP contribution in [0.3, 0.4) is 0 Å². The van der Waals surface area contributed by atoms with E-state index in [1.165, 1.54) is 0 Å². The lowest BCUT2D eigenvalue weighted by Crippen LogP contribution is -2.10. The van der Waals surface area contributed by atoms with E-state index in [4.69, 9.17) is 5.73 Å². The molecule has 0 bridgehead atoms. The minimum absolute atomic E-state index is 0.120. The van der Waals surface area contributed by atoms with E-state index in [1.807, 2.05) is 0 Å². The van der Waals surface area contributed by atoms with Crippen molar-refractivity contribution in [1.29, 1.82) is 0 Å². The number of pyridine rings is 1. The molecule has 0 aliphatic rings. The molecule has 1 aromatic rings. The number of nitrogens with zero attached hydrogens (tertiary/aromatic N) is 1. The van der Waals surface area contributed by atoms with Gasteiger partial charge in [0.05, 0.1) is 19.2 Å². The molecule has 0 aliphatic carbocycles. The number of rotatable bonds is 4. The van der Waals surface area contributed by atoms with Crippen LogP contribution in [0.4, 0.5) is 8.78 Å². The number of carbonyl (C=O) groups excluding carboxylic acids is 1. The molecule has 0 aliphatic heterocycles. The molecular weight excluding hydrogens is 234 g/mol. The standard InChI is InChI=1S/C10H12F2N2O3/c1-17-8(15)3-6-9(16)5(4-13)2-7(14-6)10(11)12/h2,10,16H,3-4,13H2,1H3. The van der Waals surface area contributed by atoms with Crippen molar-refractivity contribution in [3.63, 3.8) is 0 Å². The molecule has 1 aromatic heterocycles. The highest BCUT2D eigenvalue weighted by atomic mass is 19.3. The highest BCUT2D eigenvalue weighted by Crippen LogP contribution is 2.26. The first-order valence-electron chi connectivity index (χ1n) is 4.76. The average molecular weight is 246 g/mol. The molecule has 0 unspecified atom stereocenters. The van der Waals surface area contributed by atoms with Gasteiger partial charge >= 0.3 is 5.97 Å². The zero-order chi connectivity index (χ0) is 13.0. The molecule has 0 amide bonds. The van der Waals surface area contributed by atoms with Gasteiger partial charge in [-0.2, -0.15) is 0 Å². The molecule has 5 nitrogen and oxygen atoms in total. The smallest absolute Gasteiger partial charge is 0.311 e. The van der Waals surface area contributed by atoms with Gasteiger partial charge in [-0.25, -0.2) is 13.8 Å². The van der Waals surface area contributed by atoms with Crippen molar-refractivity contribution in [1.82, 2.24) is 4.98 Å². The van der Waals surface area contributed by atoms with E-state index in [9.17, 15) is 18.7 Å². The van der Waals surface area contributed by atoms with E-state index in [0.717, 1.165) is 13.2 Å². The van der Waals surface area contributed by atoms with E-state index < -0.39 is 18.1 Å². The van der Waals surface area contributed by atoms with Gasteiger partial charge in [-0.1, -0.05) is 0 Å². The van der Waals surface area contributed by atoms with Gasteiger partial charge in [-0.05, 0) is 6.07 Å². The van der Waals surface area contributed by atoms with E-state index in [2.05, 4.69) is 9.72 Å². The van der Waals surface area contributed by atoms with E-state index >= 15 is 0 Å². The maximum absolute atomic E-state index is 12.5. The summed E-state index contributed by atoms with van der Waals surface area (Å²) in [4.78, 5) is 14.5. The number of halogens is 2. The Kier molecular flexibility index (Phi) is 4.33. The van der Waals surface area contributed by atoms with Crippen LogP contribution in [0, 0.1) is 0 Å². The molecule has 0 radical (unpaired) electrons. The van der Waals surface area contributed by atoms with Crippen LogP contribution < -0.4 is 5.73 Å². The van der Waals surface area contributed by atoms with Gasteiger partial charge < -0.3 is 15.6 Å². The first-order valence-corrected chi connectivity index (χ1v) is 4.76. The quantitative estimate of drug-likeness (QED) is 0.771. The number of aromatic nitrogens is 1. The largest absolute Gasteiger partial charge is 0.506 e. The zero-order valence-electron chi connectivity index (χ0n) is 9.11. The van der Waals surface area contributed by atoms with Crippen molar-refractivity contribution < 1.29 is 23.4 Å². The third kappa shape index (κ3) is 3.10. The lowest BCUT2D eigenvalue weighted by atomic mass is 10.1. The summed E-state index contributed by atoms with van der Waals surface area (Å²) in [5, 5.41) is 9.64. The Morgan fingerprint density at radius 1 is 1.65 bits per heavy atom. The van der Waals surface area contributed by atoms with E-state index in [-0.39, 0.29) is 30.0 Å². The maximum Gasteiger partial charge on any atom is 0.311 e. The fraction of sp³-hybridized carbons (Fsp3) is 0.400. The van der Waals surface area contributed by atoms with Gasteiger partial charge in [0.2, 0.25) is 0 Å². The summed E-state index contributed by atoms with van der Waals surface area (Å²) in [6, 6.07) is 1.01. The van der Waals surface area contributed by atoms with Crippen molar-refractivity contribution in [2.75, 3.05) is 7.11 Å². The minimum atomic E-state index is -2.79. The normalized spacial score (nSPS) is 10.6. The molecule has 17 heavy (non-hydrogen) atoms. The van der Waals surface area contributed by atoms with Crippen LogP contribution >= 0.6 is 0 Å². The second-order valence-electron chi connectivity index (χ2n) is 3.26. The summed E-state index contributed by atoms with van der Waals surface area (Å²) in [7, 11) is 1.15. The van der Waals surface area contributed by atoms with Gasteiger partial charge in [0.15, 0.2) is 0 Å². The predicted octanol–water partition coefficient (Wildman–Crippen LogP) is 0.899. The molecule has 94 valence electrons. The van der Waals surface area contributed by atoms with Crippen LogP contribution in [-0.2, 0) is 22.5 Å². The Balaban J connectivity index is 3.17. The third-order valence-corrected chi connectivity index (χ3v) is 2.15. The second kappa shape index (κ2) is 5.53. The monoisotopic (exact) mass is 246 g/mol. The highest BCUT2D eigenvalue weighted by molar-refractivity contribution is 5.72. The molecule has 0 saturated heterocycles. The van der Waals surface area contributed by atoms with Gasteiger partial charge in [-0.15, -0.1) is 0 Å². The van der Waals surface area contributed by atoms with E-state index in [0.29, 0.717) is 0 Å². The maximum atomic E-state index is 12.5. The molecular formula is C10H12F2N2O3. The summed E-state index contributed by atoms with van der Waals surface area (Å²) >= 11 is 0. The summed E-state index contributed by atoms with van der Waals surface area (Å²) in [6.07, 6.45) is -3.17.